The third kappa shape index (κ3) is 5.69. The Bertz CT molecular complexity index is 1320. The fourth-order valence-corrected chi connectivity index (χ4v) is 4.27. The predicted molar refractivity (Wildman–Crippen MR) is 135 cm³/mol. The van der Waals surface area contributed by atoms with Crippen molar-refractivity contribution in [3.63, 3.8) is 0 Å². The number of halogens is 3. The molecule has 0 fully saturated rings. The summed E-state index contributed by atoms with van der Waals surface area (Å²) >= 11 is 13.1. The summed E-state index contributed by atoms with van der Waals surface area (Å²) < 4.78 is 15.1. The normalized spacial score (nSPS) is 10.9. The van der Waals surface area contributed by atoms with Crippen LogP contribution >= 0.6 is 43.5 Å². The number of benzene rings is 2. The van der Waals surface area contributed by atoms with Crippen LogP contribution in [0.2, 0.25) is 5.02 Å². The SMILES string of the molecule is Cc1nn(Cc2cccc(NC(=O)c3ccc(COc4ccc(Br)cc4Cl)o3)c2)c(C)c1Br. The van der Waals surface area contributed by atoms with Crippen LogP contribution in [0.4, 0.5) is 5.69 Å². The highest BCUT2D eigenvalue weighted by atomic mass is 79.9. The number of carbonyl (C=O) groups excluding carboxylic acids is 1. The Morgan fingerprint density at radius 2 is 1.97 bits per heavy atom. The number of nitrogens with zero attached hydrogens (tertiary/aromatic N) is 2. The molecule has 0 spiro atoms. The van der Waals surface area contributed by atoms with E-state index >= 15 is 0 Å². The molecule has 0 aliphatic rings. The van der Waals surface area contributed by atoms with E-state index < -0.39 is 0 Å². The van der Waals surface area contributed by atoms with E-state index in [1.54, 1.807) is 24.3 Å². The maximum Gasteiger partial charge on any atom is 0.291 e. The van der Waals surface area contributed by atoms with Crippen molar-refractivity contribution >= 4 is 55.1 Å². The van der Waals surface area contributed by atoms with Gasteiger partial charge >= 0.3 is 0 Å². The molecule has 9 heteroatoms. The number of aryl methyl sites for hydroxylation is 1. The number of rotatable bonds is 7. The smallest absolute Gasteiger partial charge is 0.291 e. The first kappa shape index (κ1) is 23.6. The molecular weight excluding hydrogens is 574 g/mol. The highest BCUT2D eigenvalue weighted by Gasteiger charge is 2.14. The fourth-order valence-electron chi connectivity index (χ4n) is 3.26. The molecule has 0 atom stereocenters. The van der Waals surface area contributed by atoms with Gasteiger partial charge in [-0.1, -0.05) is 39.7 Å². The van der Waals surface area contributed by atoms with E-state index in [-0.39, 0.29) is 18.3 Å². The zero-order chi connectivity index (χ0) is 23.5. The van der Waals surface area contributed by atoms with E-state index in [2.05, 4.69) is 42.3 Å². The summed E-state index contributed by atoms with van der Waals surface area (Å²) in [6, 6.07) is 16.3. The lowest BCUT2D eigenvalue weighted by molar-refractivity contribution is 0.0992. The Labute approximate surface area is 213 Å². The molecule has 2 aromatic heterocycles. The van der Waals surface area contributed by atoms with Crippen molar-refractivity contribution in [3.05, 3.63) is 97.0 Å². The quantitative estimate of drug-likeness (QED) is 0.247. The van der Waals surface area contributed by atoms with Crippen LogP contribution in [0, 0.1) is 13.8 Å². The first-order chi connectivity index (χ1) is 15.8. The zero-order valence-corrected chi connectivity index (χ0v) is 21.8. The molecular formula is C24H20Br2ClN3O3. The van der Waals surface area contributed by atoms with Crippen LogP contribution in [-0.4, -0.2) is 15.7 Å². The molecule has 2 heterocycles. The van der Waals surface area contributed by atoms with Gasteiger partial charge in [0, 0.05) is 10.2 Å². The van der Waals surface area contributed by atoms with Gasteiger partial charge in [-0.2, -0.15) is 5.10 Å². The van der Waals surface area contributed by atoms with Crippen LogP contribution in [-0.2, 0) is 13.2 Å². The fraction of sp³-hybridized carbons (Fsp3) is 0.167. The van der Waals surface area contributed by atoms with Gasteiger partial charge in [0.25, 0.3) is 5.91 Å². The molecule has 1 amide bonds. The summed E-state index contributed by atoms with van der Waals surface area (Å²) in [5, 5.41) is 7.91. The molecule has 0 saturated heterocycles. The summed E-state index contributed by atoms with van der Waals surface area (Å²) in [7, 11) is 0. The molecule has 33 heavy (non-hydrogen) atoms. The number of ether oxygens (including phenoxy) is 1. The van der Waals surface area contributed by atoms with Gasteiger partial charge in [0.05, 0.1) is 27.4 Å². The van der Waals surface area contributed by atoms with Crippen molar-refractivity contribution in [2.75, 3.05) is 5.32 Å². The lowest BCUT2D eigenvalue weighted by atomic mass is 10.2. The van der Waals surface area contributed by atoms with Gasteiger partial charge in [0.2, 0.25) is 0 Å². The average molecular weight is 594 g/mol. The first-order valence-electron chi connectivity index (χ1n) is 10.1. The number of nitrogens with one attached hydrogen (secondary N) is 1. The Hall–Kier alpha value is -2.55. The molecule has 0 aliphatic carbocycles. The van der Waals surface area contributed by atoms with Gasteiger partial charge < -0.3 is 14.5 Å². The maximum absolute atomic E-state index is 12.7. The minimum Gasteiger partial charge on any atom is -0.484 e. The van der Waals surface area contributed by atoms with E-state index in [1.165, 1.54) is 0 Å². The molecule has 6 nitrogen and oxygen atoms in total. The van der Waals surface area contributed by atoms with Crippen molar-refractivity contribution in [1.82, 2.24) is 9.78 Å². The zero-order valence-electron chi connectivity index (χ0n) is 17.9. The van der Waals surface area contributed by atoms with Crippen LogP contribution in [0.25, 0.3) is 0 Å². The molecule has 0 aliphatic heterocycles. The number of furan rings is 1. The molecule has 0 saturated carbocycles. The van der Waals surface area contributed by atoms with Crippen LogP contribution in [0.1, 0.15) is 33.3 Å². The number of carbonyl (C=O) groups is 1. The van der Waals surface area contributed by atoms with Gasteiger partial charge in [0.15, 0.2) is 5.76 Å². The molecule has 0 bridgehead atoms. The minimum atomic E-state index is -0.339. The number of aromatic nitrogens is 2. The van der Waals surface area contributed by atoms with Crippen molar-refractivity contribution in [2.45, 2.75) is 27.0 Å². The highest BCUT2D eigenvalue weighted by Crippen LogP contribution is 2.28. The molecule has 4 aromatic rings. The van der Waals surface area contributed by atoms with Gasteiger partial charge in [-0.05, 0) is 77.8 Å². The third-order valence-corrected chi connectivity index (χ3v) is 6.90. The van der Waals surface area contributed by atoms with E-state index in [1.807, 2.05) is 48.9 Å². The summed E-state index contributed by atoms with van der Waals surface area (Å²) in [6.07, 6.45) is 0. The van der Waals surface area contributed by atoms with Gasteiger partial charge in [0.1, 0.15) is 18.1 Å². The summed E-state index contributed by atoms with van der Waals surface area (Å²) in [5.74, 6) is 0.911. The third-order valence-electron chi connectivity index (χ3n) is 4.96. The highest BCUT2D eigenvalue weighted by molar-refractivity contribution is 9.10. The second kappa shape index (κ2) is 10.2. The molecule has 4 rings (SSSR count). The number of anilines is 1. The number of amides is 1. The van der Waals surface area contributed by atoms with Crippen LogP contribution in [0.5, 0.6) is 5.75 Å². The second-order valence-corrected chi connectivity index (χ2v) is 9.54. The summed E-state index contributed by atoms with van der Waals surface area (Å²) in [6.45, 7) is 4.73. The van der Waals surface area contributed by atoms with Crippen LogP contribution in [0.15, 0.2) is 68.0 Å². The van der Waals surface area contributed by atoms with E-state index in [0.29, 0.717) is 28.8 Å². The summed E-state index contributed by atoms with van der Waals surface area (Å²) in [5.41, 5.74) is 3.69. The Kier molecular flexibility index (Phi) is 7.26. The largest absolute Gasteiger partial charge is 0.484 e. The predicted octanol–water partition coefficient (Wildman–Crippen LogP) is 7.15. The van der Waals surface area contributed by atoms with Crippen molar-refractivity contribution < 1.29 is 13.9 Å². The van der Waals surface area contributed by atoms with E-state index in [4.69, 9.17) is 20.8 Å². The van der Waals surface area contributed by atoms with Crippen molar-refractivity contribution in [2.24, 2.45) is 0 Å². The molecule has 0 unspecified atom stereocenters. The van der Waals surface area contributed by atoms with Gasteiger partial charge in [-0.25, -0.2) is 0 Å². The number of hydrogen-bond acceptors (Lipinski definition) is 4. The molecule has 170 valence electrons. The van der Waals surface area contributed by atoms with Gasteiger partial charge in [-0.15, -0.1) is 0 Å². The van der Waals surface area contributed by atoms with E-state index in [9.17, 15) is 4.79 Å². The van der Waals surface area contributed by atoms with Gasteiger partial charge in [-0.3, -0.25) is 9.48 Å². The lowest BCUT2D eigenvalue weighted by Crippen LogP contribution is -2.11. The topological polar surface area (TPSA) is 69.3 Å². The van der Waals surface area contributed by atoms with Crippen LogP contribution in [0.3, 0.4) is 0 Å². The van der Waals surface area contributed by atoms with Crippen LogP contribution < -0.4 is 10.1 Å². The molecule has 1 N–H and O–H groups in total. The molecule has 0 radical (unpaired) electrons. The molecule has 2 aromatic carbocycles. The van der Waals surface area contributed by atoms with Crippen molar-refractivity contribution in [3.8, 4) is 5.75 Å². The van der Waals surface area contributed by atoms with Crippen molar-refractivity contribution in [1.29, 1.82) is 0 Å². The Morgan fingerprint density at radius 3 is 2.70 bits per heavy atom. The Morgan fingerprint density at radius 1 is 1.15 bits per heavy atom. The average Bonchev–Trinajstić information content (AvgIpc) is 3.34. The number of hydrogen-bond donors (Lipinski definition) is 1. The second-order valence-electron chi connectivity index (χ2n) is 7.43. The summed E-state index contributed by atoms with van der Waals surface area (Å²) in [4.78, 5) is 12.7. The maximum atomic E-state index is 12.7. The monoisotopic (exact) mass is 591 g/mol. The standard InChI is InChI=1S/C24H20Br2ClN3O3/c1-14-23(26)15(2)30(29-14)12-16-4-3-5-18(10-16)28-24(31)22-9-7-19(33-22)13-32-21-8-6-17(25)11-20(21)27/h3-11H,12-13H2,1-2H3,(H,28,31). The first-order valence-corrected chi connectivity index (χ1v) is 12.0. The Balaban J connectivity index is 1.39. The lowest BCUT2D eigenvalue weighted by Gasteiger charge is -2.08. The van der Waals surface area contributed by atoms with E-state index in [0.717, 1.165) is 25.9 Å². The minimum absolute atomic E-state index is 0.155.